The van der Waals surface area contributed by atoms with Gasteiger partial charge in [0.05, 0.1) is 5.54 Å². The highest BCUT2D eigenvalue weighted by molar-refractivity contribution is 6.63. The third-order valence-electron chi connectivity index (χ3n) is 2.96. The van der Waals surface area contributed by atoms with Gasteiger partial charge in [-0.05, 0) is 33.3 Å². The van der Waals surface area contributed by atoms with E-state index in [2.05, 4.69) is 18.2 Å². The molecule has 0 radical (unpaired) electrons. The van der Waals surface area contributed by atoms with E-state index < -0.39 is 8.80 Å². The second-order valence-corrected chi connectivity index (χ2v) is 7.01. The first-order valence-corrected chi connectivity index (χ1v) is 9.13. The van der Waals surface area contributed by atoms with Crippen molar-refractivity contribution >= 4 is 8.80 Å². The standard InChI is InChI=1S/C16H26O3Si/c1-5-12-16(15-13-10-9-11-14-15)20(17-6-2,18-7-3)19-8-4/h5,9-14,16H,6-8H2,1-4H3/b12-5+. The topological polar surface area (TPSA) is 27.7 Å². The molecule has 0 spiro atoms. The Morgan fingerprint density at radius 1 is 0.950 bits per heavy atom. The third-order valence-corrected chi connectivity index (χ3v) is 6.32. The zero-order chi connectivity index (χ0) is 14.8. The minimum atomic E-state index is -2.77. The summed E-state index contributed by atoms with van der Waals surface area (Å²) in [5, 5.41) is 0. The van der Waals surface area contributed by atoms with Gasteiger partial charge in [0.1, 0.15) is 0 Å². The Morgan fingerprint density at radius 3 is 1.85 bits per heavy atom. The lowest BCUT2D eigenvalue weighted by Gasteiger charge is -2.34. The second kappa shape index (κ2) is 9.08. The van der Waals surface area contributed by atoms with Gasteiger partial charge in [0.15, 0.2) is 0 Å². The van der Waals surface area contributed by atoms with E-state index in [9.17, 15) is 0 Å². The van der Waals surface area contributed by atoms with Gasteiger partial charge in [0.25, 0.3) is 0 Å². The minimum Gasteiger partial charge on any atom is -0.373 e. The van der Waals surface area contributed by atoms with Gasteiger partial charge in [0, 0.05) is 19.8 Å². The first kappa shape index (κ1) is 17.1. The molecule has 4 heteroatoms. The van der Waals surface area contributed by atoms with Crippen LogP contribution in [0.2, 0.25) is 0 Å². The number of benzene rings is 1. The van der Waals surface area contributed by atoms with Gasteiger partial charge in [0.2, 0.25) is 0 Å². The lowest BCUT2D eigenvalue weighted by molar-refractivity contribution is 0.0660. The van der Waals surface area contributed by atoms with Crippen molar-refractivity contribution in [3.05, 3.63) is 48.0 Å². The molecule has 0 saturated heterocycles. The molecular formula is C16H26O3Si. The zero-order valence-electron chi connectivity index (χ0n) is 13.0. The molecule has 20 heavy (non-hydrogen) atoms. The van der Waals surface area contributed by atoms with Gasteiger partial charge >= 0.3 is 8.80 Å². The van der Waals surface area contributed by atoms with Crippen LogP contribution in [0.1, 0.15) is 38.8 Å². The van der Waals surface area contributed by atoms with E-state index in [1.807, 2.05) is 52.0 Å². The van der Waals surface area contributed by atoms with Crippen molar-refractivity contribution in [2.75, 3.05) is 19.8 Å². The summed E-state index contributed by atoms with van der Waals surface area (Å²) in [5.41, 5.74) is 1.21. The van der Waals surface area contributed by atoms with Gasteiger partial charge < -0.3 is 13.3 Å². The highest BCUT2D eigenvalue weighted by Crippen LogP contribution is 2.31. The van der Waals surface area contributed by atoms with E-state index in [1.165, 1.54) is 5.56 Å². The summed E-state index contributed by atoms with van der Waals surface area (Å²) in [4.78, 5) is 0. The molecule has 0 aromatic heterocycles. The monoisotopic (exact) mass is 294 g/mol. The highest BCUT2D eigenvalue weighted by Gasteiger charge is 2.48. The molecule has 0 heterocycles. The second-order valence-electron chi connectivity index (χ2n) is 4.32. The van der Waals surface area contributed by atoms with Crippen molar-refractivity contribution in [3.63, 3.8) is 0 Å². The first-order chi connectivity index (χ1) is 9.74. The first-order valence-electron chi connectivity index (χ1n) is 7.33. The highest BCUT2D eigenvalue weighted by atomic mass is 28.4. The molecule has 0 amide bonds. The quantitative estimate of drug-likeness (QED) is 0.510. The maximum atomic E-state index is 6.02. The van der Waals surface area contributed by atoms with Crippen LogP contribution in [-0.2, 0) is 13.3 Å². The molecule has 0 saturated carbocycles. The predicted molar refractivity (Wildman–Crippen MR) is 84.6 cm³/mol. The van der Waals surface area contributed by atoms with Crippen LogP contribution in [0.5, 0.6) is 0 Å². The van der Waals surface area contributed by atoms with Crippen molar-refractivity contribution in [1.29, 1.82) is 0 Å². The smallest absolute Gasteiger partial charge is 0.373 e. The molecule has 0 aliphatic rings. The van der Waals surface area contributed by atoms with Crippen LogP contribution in [0.25, 0.3) is 0 Å². The lowest BCUT2D eigenvalue weighted by Crippen LogP contribution is -2.51. The van der Waals surface area contributed by atoms with Gasteiger partial charge in [-0.2, -0.15) is 0 Å². The Hall–Kier alpha value is -0.943. The van der Waals surface area contributed by atoms with Crippen LogP contribution in [-0.4, -0.2) is 28.6 Å². The summed E-state index contributed by atoms with van der Waals surface area (Å²) in [7, 11) is -2.77. The van der Waals surface area contributed by atoms with Crippen molar-refractivity contribution in [3.8, 4) is 0 Å². The minimum absolute atomic E-state index is 0.0357. The summed E-state index contributed by atoms with van der Waals surface area (Å²) >= 11 is 0. The fourth-order valence-corrected chi connectivity index (χ4v) is 5.31. The SMILES string of the molecule is C/C=C/C(c1ccccc1)[Si](OCC)(OCC)OCC. The van der Waals surface area contributed by atoms with Crippen LogP contribution in [0.15, 0.2) is 42.5 Å². The number of hydrogen-bond acceptors (Lipinski definition) is 3. The van der Waals surface area contributed by atoms with E-state index >= 15 is 0 Å². The van der Waals surface area contributed by atoms with Crippen molar-refractivity contribution < 1.29 is 13.3 Å². The Morgan fingerprint density at radius 2 is 1.45 bits per heavy atom. The average molecular weight is 294 g/mol. The molecule has 112 valence electrons. The van der Waals surface area contributed by atoms with Crippen molar-refractivity contribution in [1.82, 2.24) is 0 Å². The van der Waals surface area contributed by atoms with E-state index in [0.29, 0.717) is 19.8 Å². The maximum Gasteiger partial charge on any atom is 0.512 e. The van der Waals surface area contributed by atoms with Crippen LogP contribution in [0, 0.1) is 0 Å². The molecule has 0 aliphatic heterocycles. The van der Waals surface area contributed by atoms with Crippen LogP contribution >= 0.6 is 0 Å². The molecule has 1 aromatic rings. The van der Waals surface area contributed by atoms with Gasteiger partial charge in [-0.1, -0.05) is 42.5 Å². The molecule has 1 aromatic carbocycles. The molecule has 1 rings (SSSR count). The summed E-state index contributed by atoms with van der Waals surface area (Å²) in [6.07, 6.45) is 4.17. The predicted octanol–water partition coefficient (Wildman–Crippen LogP) is 3.93. The molecule has 0 N–H and O–H groups in total. The van der Waals surface area contributed by atoms with E-state index in [4.69, 9.17) is 13.3 Å². The summed E-state index contributed by atoms with van der Waals surface area (Å²) < 4.78 is 18.1. The zero-order valence-corrected chi connectivity index (χ0v) is 14.0. The maximum absolute atomic E-state index is 6.02. The van der Waals surface area contributed by atoms with E-state index in [-0.39, 0.29) is 5.54 Å². The Kier molecular flexibility index (Phi) is 7.77. The largest absolute Gasteiger partial charge is 0.512 e. The van der Waals surface area contributed by atoms with Crippen LogP contribution in [0.4, 0.5) is 0 Å². The molecular weight excluding hydrogens is 268 g/mol. The number of hydrogen-bond donors (Lipinski definition) is 0. The Balaban J connectivity index is 3.21. The fourth-order valence-electron chi connectivity index (χ4n) is 2.28. The molecule has 0 bridgehead atoms. The third kappa shape index (κ3) is 4.28. The van der Waals surface area contributed by atoms with Crippen LogP contribution in [0.3, 0.4) is 0 Å². The van der Waals surface area contributed by atoms with Crippen LogP contribution < -0.4 is 0 Å². The van der Waals surface area contributed by atoms with Gasteiger partial charge in [-0.25, -0.2) is 0 Å². The number of allylic oxidation sites excluding steroid dienone is 2. The Bertz CT molecular complexity index is 375. The molecule has 0 fully saturated rings. The van der Waals surface area contributed by atoms with Crippen molar-refractivity contribution in [2.45, 2.75) is 33.2 Å². The Labute approximate surface area is 123 Å². The number of rotatable bonds is 9. The van der Waals surface area contributed by atoms with Gasteiger partial charge in [-0.3, -0.25) is 0 Å². The molecule has 1 atom stereocenters. The summed E-state index contributed by atoms with van der Waals surface area (Å²) in [6.45, 7) is 9.73. The molecule has 0 aliphatic carbocycles. The van der Waals surface area contributed by atoms with Gasteiger partial charge in [-0.15, -0.1) is 0 Å². The van der Waals surface area contributed by atoms with Crippen molar-refractivity contribution in [2.24, 2.45) is 0 Å². The van der Waals surface area contributed by atoms with E-state index in [0.717, 1.165) is 0 Å². The molecule has 1 unspecified atom stereocenters. The normalized spacial score (nSPS) is 13.8. The molecule has 3 nitrogen and oxygen atoms in total. The summed E-state index contributed by atoms with van der Waals surface area (Å²) in [5.74, 6) is 0. The van der Waals surface area contributed by atoms with E-state index in [1.54, 1.807) is 0 Å². The summed E-state index contributed by atoms with van der Waals surface area (Å²) in [6, 6.07) is 10.3. The average Bonchev–Trinajstić information content (AvgIpc) is 2.46. The fraction of sp³-hybridized carbons (Fsp3) is 0.500. The lowest BCUT2D eigenvalue weighted by atomic mass is 10.1.